The van der Waals surface area contributed by atoms with E-state index in [1.165, 1.54) is 12.0 Å². The largest absolute Gasteiger partial charge is 0.356 e. The zero-order chi connectivity index (χ0) is 13.9. The molecule has 1 aliphatic rings. The van der Waals surface area contributed by atoms with Crippen molar-refractivity contribution in [2.24, 2.45) is 10.4 Å². The zero-order valence-electron chi connectivity index (χ0n) is 12.8. The van der Waals surface area contributed by atoms with Gasteiger partial charge in [0.25, 0.3) is 0 Å². The Labute approximate surface area is 143 Å². The fourth-order valence-electron chi connectivity index (χ4n) is 2.54. The Bertz CT molecular complexity index is 428. The molecule has 0 amide bonds. The summed E-state index contributed by atoms with van der Waals surface area (Å²) in [5.74, 6) is 1.58. The van der Waals surface area contributed by atoms with Crippen LogP contribution in [0.4, 0.5) is 0 Å². The van der Waals surface area contributed by atoms with Crippen LogP contribution in [0.25, 0.3) is 0 Å². The Hall–Kier alpha value is -0.300. The monoisotopic (exact) mass is 407 g/mol. The fourth-order valence-corrected chi connectivity index (χ4v) is 3.33. The van der Waals surface area contributed by atoms with Crippen molar-refractivity contribution in [1.29, 1.82) is 0 Å². The second-order valence-corrected chi connectivity index (χ2v) is 7.00. The van der Waals surface area contributed by atoms with Crippen LogP contribution in [0.5, 0.6) is 0 Å². The van der Waals surface area contributed by atoms with Gasteiger partial charge in [0.1, 0.15) is 0 Å². The number of halogens is 1. The minimum Gasteiger partial charge on any atom is -0.356 e. The molecule has 1 saturated heterocycles. The number of hydrogen-bond donors (Lipinski definition) is 1. The first kappa shape index (κ1) is 17.8. The predicted octanol–water partition coefficient (Wildman–Crippen LogP) is 3.78. The second-order valence-electron chi connectivity index (χ2n) is 6.22. The lowest BCUT2D eigenvalue weighted by molar-refractivity contribution is 0.370. The van der Waals surface area contributed by atoms with Crippen LogP contribution in [-0.4, -0.2) is 37.5 Å². The minimum atomic E-state index is 0. The van der Waals surface area contributed by atoms with Gasteiger partial charge in [0.15, 0.2) is 5.96 Å². The molecule has 0 spiro atoms. The van der Waals surface area contributed by atoms with E-state index in [1.807, 2.05) is 7.05 Å². The highest BCUT2D eigenvalue weighted by Crippen LogP contribution is 2.28. The van der Waals surface area contributed by atoms with Crippen molar-refractivity contribution in [2.75, 3.05) is 26.7 Å². The van der Waals surface area contributed by atoms with Gasteiger partial charge in [0.05, 0.1) is 0 Å². The van der Waals surface area contributed by atoms with Crippen LogP contribution < -0.4 is 5.32 Å². The highest BCUT2D eigenvalue weighted by Gasteiger charge is 2.30. The Morgan fingerprint density at radius 2 is 2.30 bits per heavy atom. The van der Waals surface area contributed by atoms with Crippen molar-refractivity contribution in [3.8, 4) is 0 Å². The SMILES string of the molecule is CN=C(NCC(C)c1ccsc1)N1CCC(C)(C)C1.I. The Morgan fingerprint density at radius 1 is 1.55 bits per heavy atom. The first-order chi connectivity index (χ1) is 9.02. The average Bonchev–Trinajstić information content (AvgIpc) is 2.99. The Balaban J connectivity index is 0.00000200. The van der Waals surface area contributed by atoms with E-state index >= 15 is 0 Å². The number of thiophene rings is 1. The lowest BCUT2D eigenvalue weighted by Gasteiger charge is -2.24. The number of nitrogens with zero attached hydrogens (tertiary/aromatic N) is 2. The molecule has 20 heavy (non-hydrogen) atoms. The van der Waals surface area contributed by atoms with Crippen LogP contribution in [0.1, 0.15) is 38.7 Å². The number of rotatable bonds is 3. The average molecular weight is 407 g/mol. The molecule has 1 unspecified atom stereocenters. The maximum absolute atomic E-state index is 4.42. The molecule has 0 aliphatic carbocycles. The third kappa shape index (κ3) is 4.62. The fraction of sp³-hybridized carbons (Fsp3) is 0.667. The van der Waals surface area contributed by atoms with Crippen LogP contribution in [0, 0.1) is 5.41 Å². The number of aliphatic imine (C=N–C) groups is 1. The molecule has 1 atom stereocenters. The summed E-state index contributed by atoms with van der Waals surface area (Å²) in [6.07, 6.45) is 1.24. The molecule has 0 saturated carbocycles. The van der Waals surface area contributed by atoms with Gasteiger partial charge in [-0.15, -0.1) is 24.0 Å². The topological polar surface area (TPSA) is 27.6 Å². The van der Waals surface area contributed by atoms with Gasteiger partial charge in [0.2, 0.25) is 0 Å². The molecule has 2 rings (SSSR count). The molecule has 3 nitrogen and oxygen atoms in total. The molecule has 1 N–H and O–H groups in total. The number of nitrogens with one attached hydrogen (secondary N) is 1. The summed E-state index contributed by atoms with van der Waals surface area (Å²) in [5, 5.41) is 7.89. The molecule has 0 aromatic carbocycles. The molecule has 1 aliphatic heterocycles. The lowest BCUT2D eigenvalue weighted by atomic mass is 9.93. The van der Waals surface area contributed by atoms with Gasteiger partial charge in [-0.05, 0) is 40.1 Å². The third-order valence-electron chi connectivity index (χ3n) is 3.87. The van der Waals surface area contributed by atoms with Gasteiger partial charge >= 0.3 is 0 Å². The summed E-state index contributed by atoms with van der Waals surface area (Å²) >= 11 is 1.76. The van der Waals surface area contributed by atoms with Gasteiger partial charge in [-0.1, -0.05) is 20.8 Å². The summed E-state index contributed by atoms with van der Waals surface area (Å²) in [7, 11) is 1.88. The van der Waals surface area contributed by atoms with Crippen molar-refractivity contribution in [2.45, 2.75) is 33.1 Å². The minimum absolute atomic E-state index is 0. The van der Waals surface area contributed by atoms with Crippen molar-refractivity contribution in [3.63, 3.8) is 0 Å². The van der Waals surface area contributed by atoms with Gasteiger partial charge < -0.3 is 10.2 Å². The quantitative estimate of drug-likeness (QED) is 0.469. The summed E-state index contributed by atoms with van der Waals surface area (Å²) in [6.45, 7) is 10.1. The van der Waals surface area contributed by atoms with Crippen LogP contribution in [-0.2, 0) is 0 Å². The van der Waals surface area contributed by atoms with E-state index in [2.05, 4.69) is 52.8 Å². The van der Waals surface area contributed by atoms with E-state index in [4.69, 9.17) is 0 Å². The highest BCUT2D eigenvalue weighted by molar-refractivity contribution is 14.0. The van der Waals surface area contributed by atoms with Crippen LogP contribution in [0.3, 0.4) is 0 Å². The van der Waals surface area contributed by atoms with E-state index in [-0.39, 0.29) is 24.0 Å². The Morgan fingerprint density at radius 3 is 2.80 bits per heavy atom. The molecule has 0 radical (unpaired) electrons. The highest BCUT2D eigenvalue weighted by atomic mass is 127. The Kier molecular flexibility index (Phi) is 6.78. The molecular formula is C15H26IN3S. The molecule has 1 aromatic heterocycles. The normalized spacial score (nSPS) is 19.6. The number of hydrogen-bond acceptors (Lipinski definition) is 2. The third-order valence-corrected chi connectivity index (χ3v) is 4.57. The standard InChI is InChI=1S/C15H25N3S.HI/c1-12(13-5-8-19-10-13)9-17-14(16-4)18-7-6-15(2,3)11-18;/h5,8,10,12H,6-7,9,11H2,1-4H3,(H,16,17);1H. The van der Waals surface area contributed by atoms with E-state index < -0.39 is 0 Å². The zero-order valence-corrected chi connectivity index (χ0v) is 16.0. The van der Waals surface area contributed by atoms with E-state index in [0.29, 0.717) is 11.3 Å². The number of likely N-dealkylation sites (tertiary alicyclic amines) is 1. The van der Waals surface area contributed by atoms with Gasteiger partial charge in [-0.3, -0.25) is 4.99 Å². The summed E-state index contributed by atoms with van der Waals surface area (Å²) in [4.78, 5) is 6.80. The van der Waals surface area contributed by atoms with Crippen LogP contribution in [0.15, 0.2) is 21.8 Å². The lowest BCUT2D eigenvalue weighted by Crippen LogP contribution is -2.42. The van der Waals surface area contributed by atoms with Gasteiger partial charge in [-0.2, -0.15) is 11.3 Å². The molecule has 5 heteroatoms. The first-order valence-corrected chi connectivity index (χ1v) is 7.94. The molecule has 1 aromatic rings. The number of guanidine groups is 1. The summed E-state index contributed by atoms with van der Waals surface area (Å²) in [6, 6.07) is 2.21. The van der Waals surface area contributed by atoms with Crippen LogP contribution >= 0.6 is 35.3 Å². The maximum Gasteiger partial charge on any atom is 0.193 e. The van der Waals surface area contributed by atoms with Crippen molar-refractivity contribution >= 4 is 41.3 Å². The first-order valence-electron chi connectivity index (χ1n) is 6.99. The summed E-state index contributed by atoms with van der Waals surface area (Å²) < 4.78 is 0. The smallest absolute Gasteiger partial charge is 0.193 e. The molecule has 114 valence electrons. The second kappa shape index (κ2) is 7.64. The van der Waals surface area contributed by atoms with E-state index in [1.54, 1.807) is 11.3 Å². The van der Waals surface area contributed by atoms with Crippen molar-refractivity contribution in [1.82, 2.24) is 10.2 Å². The maximum atomic E-state index is 4.42. The molecular weight excluding hydrogens is 381 g/mol. The van der Waals surface area contributed by atoms with Gasteiger partial charge in [-0.25, -0.2) is 0 Å². The van der Waals surface area contributed by atoms with Crippen molar-refractivity contribution < 1.29 is 0 Å². The summed E-state index contributed by atoms with van der Waals surface area (Å²) in [5.41, 5.74) is 1.83. The predicted molar refractivity (Wildman–Crippen MR) is 99.5 cm³/mol. The van der Waals surface area contributed by atoms with Crippen molar-refractivity contribution in [3.05, 3.63) is 22.4 Å². The molecule has 0 bridgehead atoms. The van der Waals surface area contributed by atoms with E-state index in [0.717, 1.165) is 25.6 Å². The molecule has 2 heterocycles. The molecule has 1 fully saturated rings. The van der Waals surface area contributed by atoms with Crippen LogP contribution in [0.2, 0.25) is 0 Å². The van der Waals surface area contributed by atoms with E-state index in [9.17, 15) is 0 Å². The van der Waals surface area contributed by atoms with Gasteiger partial charge in [0, 0.05) is 26.7 Å².